The van der Waals surface area contributed by atoms with Gasteiger partial charge in [0.25, 0.3) is 5.92 Å². The van der Waals surface area contributed by atoms with Crippen molar-refractivity contribution in [3.63, 3.8) is 0 Å². The van der Waals surface area contributed by atoms with Gasteiger partial charge in [-0.05, 0) is 36.2 Å². The normalized spacial score (nSPS) is 20.9. The Balaban J connectivity index is 1.85. The zero-order valence-electron chi connectivity index (χ0n) is 16.0. The van der Waals surface area contributed by atoms with Crippen LogP contribution in [-0.4, -0.2) is 34.2 Å². The number of rotatable bonds is 2. The molecule has 0 aliphatic carbocycles. The molecule has 6 nitrogen and oxygen atoms in total. The lowest BCUT2D eigenvalue weighted by Gasteiger charge is -2.42. The van der Waals surface area contributed by atoms with Crippen LogP contribution in [0.25, 0.3) is 0 Å². The summed E-state index contributed by atoms with van der Waals surface area (Å²) in [5, 5.41) is 2.43. The Kier molecular flexibility index (Phi) is 5.50. The molecule has 1 aliphatic rings. The highest BCUT2D eigenvalue weighted by Crippen LogP contribution is 2.43. The second-order valence-electron chi connectivity index (χ2n) is 7.27. The number of nitrogen functional groups attached to an aromatic ring is 1. The number of alkyl halides is 2. The van der Waals surface area contributed by atoms with Crippen LogP contribution in [0.2, 0.25) is 0 Å². The number of piperidine rings is 1. The molecule has 9 heteroatoms. The zero-order chi connectivity index (χ0) is 21.3. The van der Waals surface area contributed by atoms with Crippen molar-refractivity contribution in [1.29, 1.82) is 0 Å². The maximum Gasteiger partial charge on any atom is 0.313 e. The molecule has 0 bridgehead atoms. The van der Waals surface area contributed by atoms with E-state index in [1.165, 1.54) is 25.3 Å². The van der Waals surface area contributed by atoms with Crippen LogP contribution in [0.5, 0.6) is 0 Å². The Morgan fingerprint density at radius 2 is 1.93 bits per heavy atom. The van der Waals surface area contributed by atoms with Crippen molar-refractivity contribution in [3.05, 3.63) is 53.5 Å². The lowest BCUT2D eigenvalue weighted by molar-refractivity contribution is -0.159. The Morgan fingerprint density at radius 3 is 2.55 bits per heavy atom. The quantitative estimate of drug-likeness (QED) is 0.749. The van der Waals surface area contributed by atoms with Gasteiger partial charge in [-0.25, -0.2) is 18.2 Å². The molecule has 2 atom stereocenters. The monoisotopic (exact) mass is 406 g/mol. The van der Waals surface area contributed by atoms with Crippen molar-refractivity contribution in [2.45, 2.75) is 32.2 Å². The predicted molar refractivity (Wildman–Crippen MR) is 102 cm³/mol. The van der Waals surface area contributed by atoms with Gasteiger partial charge < -0.3 is 16.0 Å². The standard InChI is InChI=1S/C20H21F3N4O2/c1-11-7-15(9-25-17(11)24)26-18(28)19(29)27-10-12(2)20(22,23)8-16(27)13-3-5-14(21)6-4-13/h3-7,9,12,16H,8,10H2,1-2H3,(H2,24,25)(H,26,28)/t12-,16-/m1/s1. The van der Waals surface area contributed by atoms with E-state index in [0.717, 1.165) is 17.0 Å². The molecule has 154 valence electrons. The molecule has 1 aromatic carbocycles. The van der Waals surface area contributed by atoms with Crippen molar-refractivity contribution in [2.24, 2.45) is 5.92 Å². The van der Waals surface area contributed by atoms with Crippen LogP contribution in [0, 0.1) is 18.7 Å². The van der Waals surface area contributed by atoms with Crippen LogP contribution in [-0.2, 0) is 9.59 Å². The van der Waals surface area contributed by atoms with Crippen LogP contribution in [0.4, 0.5) is 24.7 Å². The van der Waals surface area contributed by atoms with E-state index in [9.17, 15) is 22.8 Å². The first kappa shape index (κ1) is 20.6. The number of likely N-dealkylation sites (tertiary alicyclic amines) is 1. The molecular weight excluding hydrogens is 385 g/mol. The maximum atomic E-state index is 14.3. The fraction of sp³-hybridized carbons (Fsp3) is 0.350. The second kappa shape index (κ2) is 7.73. The largest absolute Gasteiger partial charge is 0.383 e. The number of nitrogens with two attached hydrogens (primary N) is 1. The van der Waals surface area contributed by atoms with E-state index in [-0.39, 0.29) is 18.1 Å². The zero-order valence-corrected chi connectivity index (χ0v) is 16.0. The molecule has 29 heavy (non-hydrogen) atoms. The topological polar surface area (TPSA) is 88.3 Å². The molecule has 1 aliphatic heterocycles. The third-order valence-corrected chi connectivity index (χ3v) is 5.12. The Bertz CT molecular complexity index is 934. The van der Waals surface area contributed by atoms with Gasteiger partial charge in [-0.2, -0.15) is 0 Å². The number of hydrogen-bond acceptors (Lipinski definition) is 4. The fourth-order valence-corrected chi connectivity index (χ4v) is 3.30. The highest BCUT2D eigenvalue weighted by atomic mass is 19.3. The third kappa shape index (κ3) is 4.33. The highest BCUT2D eigenvalue weighted by molar-refractivity contribution is 6.39. The summed E-state index contributed by atoms with van der Waals surface area (Å²) in [6, 6.07) is 5.47. The molecule has 1 saturated heterocycles. The summed E-state index contributed by atoms with van der Waals surface area (Å²) in [6.45, 7) is 2.71. The number of hydrogen-bond donors (Lipinski definition) is 2. The van der Waals surface area contributed by atoms with Crippen LogP contribution in [0.1, 0.15) is 30.5 Å². The number of pyridine rings is 1. The summed E-state index contributed by atoms with van der Waals surface area (Å²) in [4.78, 5) is 30.3. The summed E-state index contributed by atoms with van der Waals surface area (Å²) >= 11 is 0. The van der Waals surface area contributed by atoms with Crippen molar-refractivity contribution in [1.82, 2.24) is 9.88 Å². The number of carbonyl (C=O) groups excluding carboxylic acids is 2. The van der Waals surface area contributed by atoms with Gasteiger partial charge in [0.05, 0.1) is 17.9 Å². The van der Waals surface area contributed by atoms with Crippen molar-refractivity contribution in [3.8, 4) is 0 Å². The third-order valence-electron chi connectivity index (χ3n) is 5.12. The number of benzene rings is 1. The lowest BCUT2D eigenvalue weighted by Crippen LogP contribution is -2.52. The summed E-state index contributed by atoms with van der Waals surface area (Å²) in [7, 11) is 0. The number of aromatic nitrogens is 1. The molecule has 1 aromatic heterocycles. The Hall–Kier alpha value is -3.10. The summed E-state index contributed by atoms with van der Waals surface area (Å²) in [5.74, 6) is -6.30. The average molecular weight is 406 g/mol. The van der Waals surface area contributed by atoms with Gasteiger partial charge >= 0.3 is 11.8 Å². The number of nitrogens with one attached hydrogen (secondary N) is 1. The first-order chi connectivity index (χ1) is 13.6. The van der Waals surface area contributed by atoms with Gasteiger partial charge in [-0.15, -0.1) is 0 Å². The number of carbonyl (C=O) groups is 2. The molecule has 2 heterocycles. The molecule has 0 spiro atoms. The molecular formula is C20H21F3N4O2. The summed E-state index contributed by atoms with van der Waals surface area (Å²) in [6.07, 6.45) is 0.652. The first-order valence-electron chi connectivity index (χ1n) is 9.06. The molecule has 0 saturated carbocycles. The van der Waals surface area contributed by atoms with E-state index < -0.39 is 41.9 Å². The molecule has 2 aromatic rings. The minimum absolute atomic E-state index is 0.267. The van der Waals surface area contributed by atoms with Crippen molar-refractivity contribution < 1.29 is 22.8 Å². The smallest absolute Gasteiger partial charge is 0.313 e. The van der Waals surface area contributed by atoms with E-state index in [4.69, 9.17) is 5.73 Å². The van der Waals surface area contributed by atoms with E-state index in [0.29, 0.717) is 11.1 Å². The first-order valence-corrected chi connectivity index (χ1v) is 9.06. The van der Waals surface area contributed by atoms with Crippen LogP contribution in [0.15, 0.2) is 36.5 Å². The fourth-order valence-electron chi connectivity index (χ4n) is 3.30. The van der Waals surface area contributed by atoms with E-state index >= 15 is 0 Å². The predicted octanol–water partition coefficient (Wildman–Crippen LogP) is 3.29. The van der Waals surface area contributed by atoms with E-state index in [2.05, 4.69) is 10.3 Å². The van der Waals surface area contributed by atoms with Gasteiger partial charge in [0.2, 0.25) is 0 Å². The van der Waals surface area contributed by atoms with Gasteiger partial charge in [-0.1, -0.05) is 19.1 Å². The summed E-state index contributed by atoms with van der Waals surface area (Å²) in [5.41, 5.74) is 6.85. The number of aryl methyl sites for hydroxylation is 1. The lowest BCUT2D eigenvalue weighted by atomic mass is 9.86. The van der Waals surface area contributed by atoms with Gasteiger partial charge in [-0.3, -0.25) is 9.59 Å². The summed E-state index contributed by atoms with van der Waals surface area (Å²) < 4.78 is 41.9. The van der Waals surface area contributed by atoms with Crippen LogP contribution in [0.3, 0.4) is 0 Å². The average Bonchev–Trinajstić information content (AvgIpc) is 2.66. The van der Waals surface area contributed by atoms with Gasteiger partial charge in [0.15, 0.2) is 0 Å². The van der Waals surface area contributed by atoms with Gasteiger partial charge in [0.1, 0.15) is 11.6 Å². The minimum atomic E-state index is -3.02. The number of nitrogens with zero attached hydrogens (tertiary/aromatic N) is 2. The van der Waals surface area contributed by atoms with Crippen LogP contribution >= 0.6 is 0 Å². The van der Waals surface area contributed by atoms with E-state index in [1.54, 1.807) is 13.0 Å². The SMILES string of the molecule is Cc1cc(NC(=O)C(=O)N2C[C@@H](C)C(F)(F)C[C@@H]2c2ccc(F)cc2)cnc1N. The molecule has 1 fully saturated rings. The van der Waals surface area contributed by atoms with Crippen molar-refractivity contribution in [2.75, 3.05) is 17.6 Å². The Labute approximate surface area is 165 Å². The number of anilines is 2. The minimum Gasteiger partial charge on any atom is -0.383 e. The second-order valence-corrected chi connectivity index (χ2v) is 7.27. The van der Waals surface area contributed by atoms with Crippen molar-refractivity contribution >= 4 is 23.3 Å². The molecule has 3 rings (SSSR count). The number of amides is 2. The molecule has 2 amide bonds. The molecule has 0 radical (unpaired) electrons. The number of halogens is 3. The highest BCUT2D eigenvalue weighted by Gasteiger charge is 2.48. The molecule has 0 unspecified atom stereocenters. The van der Waals surface area contributed by atoms with E-state index in [1.807, 2.05) is 0 Å². The maximum absolute atomic E-state index is 14.3. The van der Waals surface area contributed by atoms with Gasteiger partial charge in [0, 0.05) is 18.9 Å². The molecule has 3 N–H and O–H groups in total. The Morgan fingerprint density at radius 1 is 1.28 bits per heavy atom. The van der Waals surface area contributed by atoms with Crippen LogP contribution < -0.4 is 11.1 Å².